The molecule has 0 spiro atoms. The highest BCUT2D eigenvalue weighted by Gasteiger charge is 2.15. The van der Waals surface area contributed by atoms with Crippen LogP contribution in [0, 0.1) is 17.0 Å². The number of nitro benzene ring substituents is 1. The number of benzene rings is 2. The van der Waals surface area contributed by atoms with Crippen molar-refractivity contribution in [3.05, 3.63) is 69.8 Å². The molecule has 0 N–H and O–H groups in total. The van der Waals surface area contributed by atoms with E-state index in [0.717, 1.165) is 11.1 Å². The normalized spacial score (nSPS) is 10.7. The average Bonchev–Trinajstić information content (AvgIpc) is 3.02. The molecule has 1 aromatic heterocycles. The molecule has 0 radical (unpaired) electrons. The first-order chi connectivity index (χ1) is 11.1. The summed E-state index contributed by atoms with van der Waals surface area (Å²) < 4.78 is 5.62. The van der Waals surface area contributed by atoms with Crippen LogP contribution in [0.1, 0.15) is 11.1 Å². The fraction of sp³-hybridized carbons (Fsp3) is 0.125. The van der Waals surface area contributed by atoms with Gasteiger partial charge in [-0.05, 0) is 19.1 Å². The van der Waals surface area contributed by atoms with E-state index in [9.17, 15) is 10.1 Å². The molecular weight excluding hydrogens is 314 g/mol. The minimum Gasteiger partial charge on any atom is -0.411 e. The number of para-hydroxylation sites is 1. The first kappa shape index (κ1) is 15.2. The van der Waals surface area contributed by atoms with Crippen molar-refractivity contribution in [3.63, 3.8) is 0 Å². The van der Waals surface area contributed by atoms with E-state index in [-0.39, 0.29) is 10.6 Å². The lowest BCUT2D eigenvalue weighted by molar-refractivity contribution is -0.385. The van der Waals surface area contributed by atoms with Crippen LogP contribution < -0.4 is 0 Å². The maximum absolute atomic E-state index is 11.0. The lowest BCUT2D eigenvalue weighted by Crippen LogP contribution is -1.93. The van der Waals surface area contributed by atoms with Crippen molar-refractivity contribution in [1.82, 2.24) is 10.2 Å². The topological polar surface area (TPSA) is 82.1 Å². The molecule has 3 rings (SSSR count). The quantitative estimate of drug-likeness (QED) is 0.396. The second-order valence-corrected chi connectivity index (χ2v) is 5.84. The summed E-state index contributed by atoms with van der Waals surface area (Å²) in [5, 5.41) is 19.4. The molecule has 6 nitrogen and oxygen atoms in total. The molecule has 0 fully saturated rings. The second-order valence-electron chi connectivity index (χ2n) is 4.92. The Morgan fingerprint density at radius 3 is 2.78 bits per heavy atom. The highest BCUT2D eigenvalue weighted by atomic mass is 32.2. The van der Waals surface area contributed by atoms with E-state index in [4.69, 9.17) is 4.42 Å². The van der Waals surface area contributed by atoms with Gasteiger partial charge in [-0.1, -0.05) is 47.7 Å². The molecular formula is C16H13N3O3S. The van der Waals surface area contributed by atoms with E-state index < -0.39 is 0 Å². The summed E-state index contributed by atoms with van der Waals surface area (Å²) in [6.07, 6.45) is 0. The number of nitro groups is 1. The zero-order chi connectivity index (χ0) is 16.2. The second kappa shape index (κ2) is 6.62. The highest BCUT2D eigenvalue weighted by molar-refractivity contribution is 7.98. The van der Waals surface area contributed by atoms with E-state index in [2.05, 4.69) is 10.2 Å². The van der Waals surface area contributed by atoms with Gasteiger partial charge in [-0.3, -0.25) is 10.1 Å². The number of aromatic nitrogens is 2. The maximum atomic E-state index is 11.0. The van der Waals surface area contributed by atoms with Crippen LogP contribution >= 0.6 is 11.8 Å². The average molecular weight is 327 g/mol. The van der Waals surface area contributed by atoms with Gasteiger partial charge in [-0.15, -0.1) is 10.2 Å². The predicted octanol–water partition coefficient (Wildman–Crippen LogP) is 4.25. The Kier molecular flexibility index (Phi) is 4.38. The minimum absolute atomic E-state index is 0.0958. The monoisotopic (exact) mass is 327 g/mol. The zero-order valence-corrected chi connectivity index (χ0v) is 13.1. The van der Waals surface area contributed by atoms with Gasteiger partial charge in [-0.2, -0.15) is 0 Å². The lowest BCUT2D eigenvalue weighted by atomic mass is 10.1. The van der Waals surface area contributed by atoms with Crippen LogP contribution in [-0.4, -0.2) is 15.1 Å². The van der Waals surface area contributed by atoms with Gasteiger partial charge in [0.2, 0.25) is 5.89 Å². The summed E-state index contributed by atoms with van der Waals surface area (Å²) in [4.78, 5) is 10.6. The van der Waals surface area contributed by atoms with Gasteiger partial charge in [0.25, 0.3) is 10.9 Å². The van der Waals surface area contributed by atoms with E-state index in [1.165, 1.54) is 17.8 Å². The Morgan fingerprint density at radius 1 is 1.17 bits per heavy atom. The first-order valence-electron chi connectivity index (χ1n) is 6.89. The van der Waals surface area contributed by atoms with Gasteiger partial charge >= 0.3 is 0 Å². The Bertz CT molecular complexity index is 848. The Hall–Kier alpha value is -2.67. The standard InChI is InChI=1S/C16H13N3O3S/c1-11-5-4-7-12(9-11)15-17-18-16(22-15)23-10-13-6-2-3-8-14(13)19(20)21/h2-9H,10H2,1H3. The smallest absolute Gasteiger partial charge is 0.277 e. The van der Waals surface area contributed by atoms with Crippen molar-refractivity contribution < 1.29 is 9.34 Å². The Balaban J connectivity index is 1.74. The van der Waals surface area contributed by atoms with Crippen molar-refractivity contribution >= 4 is 17.4 Å². The largest absolute Gasteiger partial charge is 0.411 e. The minimum atomic E-state index is -0.387. The van der Waals surface area contributed by atoms with E-state index in [0.29, 0.717) is 22.4 Å². The summed E-state index contributed by atoms with van der Waals surface area (Å²) in [7, 11) is 0. The summed E-state index contributed by atoms with van der Waals surface area (Å²) in [6, 6.07) is 14.4. The maximum Gasteiger partial charge on any atom is 0.277 e. The van der Waals surface area contributed by atoms with Crippen LogP contribution in [0.4, 0.5) is 5.69 Å². The number of hydrogen-bond donors (Lipinski definition) is 0. The van der Waals surface area contributed by atoms with Crippen molar-refractivity contribution in [2.75, 3.05) is 0 Å². The highest BCUT2D eigenvalue weighted by Crippen LogP contribution is 2.29. The molecule has 116 valence electrons. The van der Waals surface area contributed by atoms with Gasteiger partial charge < -0.3 is 4.42 Å². The van der Waals surface area contributed by atoms with E-state index in [1.54, 1.807) is 18.2 Å². The molecule has 0 aliphatic heterocycles. The van der Waals surface area contributed by atoms with Gasteiger partial charge in [0.05, 0.1) is 4.92 Å². The third-order valence-electron chi connectivity index (χ3n) is 3.21. The predicted molar refractivity (Wildman–Crippen MR) is 87.1 cm³/mol. The zero-order valence-electron chi connectivity index (χ0n) is 12.3. The van der Waals surface area contributed by atoms with Crippen LogP contribution in [0.25, 0.3) is 11.5 Å². The van der Waals surface area contributed by atoms with Crippen molar-refractivity contribution in [3.8, 4) is 11.5 Å². The Morgan fingerprint density at radius 2 is 2.00 bits per heavy atom. The van der Waals surface area contributed by atoms with Crippen LogP contribution in [-0.2, 0) is 5.75 Å². The number of rotatable bonds is 5. The molecule has 23 heavy (non-hydrogen) atoms. The summed E-state index contributed by atoms with van der Waals surface area (Å²) in [6.45, 7) is 1.99. The van der Waals surface area contributed by atoms with Gasteiger partial charge in [0.15, 0.2) is 0 Å². The summed E-state index contributed by atoms with van der Waals surface area (Å²) in [5.41, 5.74) is 2.68. The number of nitrogens with zero attached hydrogens (tertiary/aromatic N) is 3. The molecule has 3 aromatic rings. The van der Waals surface area contributed by atoms with Crippen molar-refractivity contribution in [2.45, 2.75) is 17.9 Å². The summed E-state index contributed by atoms with van der Waals surface area (Å²) in [5.74, 6) is 0.839. The van der Waals surface area contributed by atoms with E-state index in [1.807, 2.05) is 31.2 Å². The molecule has 0 atom stereocenters. The third-order valence-corrected chi connectivity index (χ3v) is 4.08. The molecule has 0 saturated carbocycles. The fourth-order valence-electron chi connectivity index (χ4n) is 2.11. The molecule has 0 saturated heterocycles. The SMILES string of the molecule is Cc1cccc(-c2nnc(SCc3ccccc3[N+](=O)[O-])o2)c1. The van der Waals surface area contributed by atoms with Crippen molar-refractivity contribution in [2.24, 2.45) is 0 Å². The third kappa shape index (κ3) is 3.57. The number of thioether (sulfide) groups is 1. The molecule has 7 heteroatoms. The molecule has 2 aromatic carbocycles. The van der Waals surface area contributed by atoms with Gasteiger partial charge in [-0.25, -0.2) is 0 Å². The molecule has 0 unspecified atom stereocenters. The van der Waals surface area contributed by atoms with Crippen LogP contribution in [0.3, 0.4) is 0 Å². The molecule has 1 heterocycles. The molecule has 0 aliphatic rings. The van der Waals surface area contributed by atoms with Gasteiger partial charge in [0, 0.05) is 22.9 Å². The first-order valence-corrected chi connectivity index (χ1v) is 7.87. The van der Waals surface area contributed by atoms with Crippen LogP contribution in [0.5, 0.6) is 0 Å². The molecule has 0 amide bonds. The van der Waals surface area contributed by atoms with Crippen molar-refractivity contribution in [1.29, 1.82) is 0 Å². The fourth-order valence-corrected chi connectivity index (χ4v) is 2.87. The van der Waals surface area contributed by atoms with Crippen LogP contribution in [0.2, 0.25) is 0 Å². The van der Waals surface area contributed by atoms with Crippen LogP contribution in [0.15, 0.2) is 58.2 Å². The summed E-state index contributed by atoms with van der Waals surface area (Å²) >= 11 is 1.28. The van der Waals surface area contributed by atoms with Gasteiger partial charge in [0.1, 0.15) is 0 Å². The molecule has 0 aliphatic carbocycles. The number of hydrogen-bond acceptors (Lipinski definition) is 6. The number of aryl methyl sites for hydroxylation is 1. The molecule has 0 bridgehead atoms. The lowest BCUT2D eigenvalue weighted by Gasteiger charge is -2.00. The van der Waals surface area contributed by atoms with E-state index >= 15 is 0 Å². The Labute approximate surface area is 136 Å².